The van der Waals surface area contributed by atoms with E-state index in [1.54, 1.807) is 4.68 Å². The van der Waals surface area contributed by atoms with Gasteiger partial charge in [0.05, 0.1) is 17.6 Å². The van der Waals surface area contributed by atoms with E-state index < -0.39 is 0 Å². The van der Waals surface area contributed by atoms with Crippen molar-refractivity contribution in [3.8, 4) is 5.69 Å². The average Bonchev–Trinajstić information content (AvgIpc) is 3.14. The molecule has 4 rings (SSSR count). The third kappa shape index (κ3) is 4.25. The number of H-pyrrole nitrogens is 1. The van der Waals surface area contributed by atoms with Crippen molar-refractivity contribution in [2.24, 2.45) is 0 Å². The number of aryl methyl sites for hydroxylation is 4. The second-order valence-corrected chi connectivity index (χ2v) is 8.53. The number of nitrogens with zero attached hydrogens (tertiary/aromatic N) is 3. The molecule has 8 heteroatoms. The van der Waals surface area contributed by atoms with Gasteiger partial charge in [-0.2, -0.15) is 5.10 Å². The van der Waals surface area contributed by atoms with Crippen molar-refractivity contribution in [1.29, 1.82) is 0 Å². The maximum Gasteiger partial charge on any atom is 0.262 e. The van der Waals surface area contributed by atoms with Gasteiger partial charge >= 0.3 is 0 Å². The molecule has 0 radical (unpaired) electrons. The van der Waals surface area contributed by atoms with Gasteiger partial charge in [0.2, 0.25) is 5.91 Å². The number of carbonyl (C=O) groups excluding carboxylic acids is 1. The van der Waals surface area contributed by atoms with Gasteiger partial charge in [0.15, 0.2) is 10.8 Å². The second-order valence-electron chi connectivity index (χ2n) is 7.56. The lowest BCUT2D eigenvalue weighted by Gasteiger charge is -2.12. The molecule has 2 aromatic heterocycles. The van der Waals surface area contributed by atoms with E-state index in [2.05, 4.69) is 20.4 Å². The maximum atomic E-state index is 12.5. The molecule has 0 fully saturated rings. The zero-order valence-electron chi connectivity index (χ0n) is 17.8. The number of amides is 1. The molecule has 158 valence electrons. The summed E-state index contributed by atoms with van der Waals surface area (Å²) in [6.07, 6.45) is 1.51. The highest BCUT2D eigenvalue weighted by Gasteiger charge is 2.14. The minimum atomic E-state index is -0.280. The molecule has 2 N–H and O–H groups in total. The number of rotatable bonds is 5. The zero-order valence-corrected chi connectivity index (χ0v) is 18.6. The molecule has 0 bridgehead atoms. The molecular weight excluding hydrogens is 410 g/mol. The number of aromatic amines is 1. The Labute approximate surface area is 183 Å². The largest absolute Gasteiger partial charge is 0.325 e. The van der Waals surface area contributed by atoms with E-state index in [0.29, 0.717) is 16.2 Å². The number of carbonyl (C=O) groups is 1. The highest BCUT2D eigenvalue weighted by Crippen LogP contribution is 2.23. The van der Waals surface area contributed by atoms with Gasteiger partial charge in [-0.3, -0.25) is 9.59 Å². The Bertz CT molecular complexity index is 1330. The number of para-hydroxylation sites is 1. The molecule has 31 heavy (non-hydrogen) atoms. The normalized spacial score (nSPS) is 11.1. The Morgan fingerprint density at radius 1 is 1.10 bits per heavy atom. The van der Waals surface area contributed by atoms with Crippen molar-refractivity contribution < 1.29 is 4.79 Å². The van der Waals surface area contributed by atoms with Crippen LogP contribution in [0, 0.1) is 27.7 Å². The molecule has 4 aromatic rings. The summed E-state index contributed by atoms with van der Waals surface area (Å²) in [5.41, 5.74) is 6.08. The summed E-state index contributed by atoms with van der Waals surface area (Å²) in [5.74, 6) is -0.0325. The monoisotopic (exact) mass is 433 g/mol. The van der Waals surface area contributed by atoms with Gasteiger partial charge < -0.3 is 10.3 Å². The van der Waals surface area contributed by atoms with E-state index >= 15 is 0 Å². The highest BCUT2D eigenvalue weighted by atomic mass is 32.2. The molecular formula is C23H23N5O2S. The molecule has 0 saturated carbocycles. The van der Waals surface area contributed by atoms with Crippen LogP contribution in [0.4, 0.5) is 5.69 Å². The molecule has 0 saturated heterocycles. The number of thioether (sulfide) groups is 1. The van der Waals surface area contributed by atoms with Crippen molar-refractivity contribution in [3.05, 3.63) is 75.2 Å². The summed E-state index contributed by atoms with van der Waals surface area (Å²) in [5, 5.41) is 8.10. The van der Waals surface area contributed by atoms with E-state index in [0.717, 1.165) is 33.6 Å². The van der Waals surface area contributed by atoms with Gasteiger partial charge in [0.25, 0.3) is 5.56 Å². The third-order valence-electron chi connectivity index (χ3n) is 5.04. The number of anilines is 1. The predicted octanol–water partition coefficient (Wildman–Crippen LogP) is 4.07. The number of aromatic nitrogens is 4. The molecule has 0 aliphatic carbocycles. The molecule has 2 aromatic carbocycles. The van der Waals surface area contributed by atoms with Crippen LogP contribution in [0.1, 0.15) is 22.3 Å². The SMILES string of the molecule is Cc1cc(C)c(NC(=O)CSc2nc3c(cnn3-c3ccccc3C)c(=O)[nH]2)c(C)c1. The smallest absolute Gasteiger partial charge is 0.262 e. The number of nitrogens with one attached hydrogen (secondary N) is 2. The summed E-state index contributed by atoms with van der Waals surface area (Å²) in [6.45, 7) is 7.96. The number of hydrogen-bond donors (Lipinski definition) is 2. The van der Waals surface area contributed by atoms with E-state index in [4.69, 9.17) is 0 Å². The fourth-order valence-electron chi connectivity index (χ4n) is 3.63. The predicted molar refractivity (Wildman–Crippen MR) is 124 cm³/mol. The Kier molecular flexibility index (Phi) is 5.65. The van der Waals surface area contributed by atoms with Gasteiger partial charge in [-0.25, -0.2) is 9.67 Å². The summed E-state index contributed by atoms with van der Waals surface area (Å²) in [6, 6.07) is 11.8. The third-order valence-corrected chi connectivity index (χ3v) is 5.91. The first-order valence-electron chi connectivity index (χ1n) is 9.88. The van der Waals surface area contributed by atoms with Gasteiger partial charge in [0, 0.05) is 5.69 Å². The number of fused-ring (bicyclic) bond motifs is 1. The van der Waals surface area contributed by atoms with Gasteiger partial charge in [-0.1, -0.05) is 47.7 Å². The summed E-state index contributed by atoms with van der Waals surface area (Å²) < 4.78 is 1.66. The van der Waals surface area contributed by atoms with Crippen LogP contribution < -0.4 is 10.9 Å². The van der Waals surface area contributed by atoms with Crippen LogP contribution in [0.25, 0.3) is 16.7 Å². The number of benzene rings is 2. The van der Waals surface area contributed by atoms with Crippen LogP contribution in [0.15, 0.2) is 52.5 Å². The fourth-order valence-corrected chi connectivity index (χ4v) is 4.29. The van der Waals surface area contributed by atoms with Crippen molar-refractivity contribution in [2.75, 3.05) is 11.1 Å². The fraction of sp³-hybridized carbons (Fsp3) is 0.217. The summed E-state index contributed by atoms with van der Waals surface area (Å²) >= 11 is 1.18. The summed E-state index contributed by atoms with van der Waals surface area (Å²) in [7, 11) is 0. The maximum absolute atomic E-state index is 12.5. The Balaban J connectivity index is 1.57. The van der Waals surface area contributed by atoms with Crippen LogP contribution in [-0.4, -0.2) is 31.4 Å². The molecule has 0 spiro atoms. The van der Waals surface area contributed by atoms with Crippen molar-refractivity contribution >= 4 is 34.4 Å². The molecule has 0 atom stereocenters. The quantitative estimate of drug-likeness (QED) is 0.366. The van der Waals surface area contributed by atoms with E-state index in [1.807, 2.05) is 64.1 Å². The van der Waals surface area contributed by atoms with Crippen LogP contribution in [0.3, 0.4) is 0 Å². The molecule has 1 amide bonds. The van der Waals surface area contributed by atoms with Crippen LogP contribution in [0.5, 0.6) is 0 Å². The van der Waals surface area contributed by atoms with Gasteiger partial charge in [-0.05, 0) is 50.5 Å². The molecule has 7 nitrogen and oxygen atoms in total. The van der Waals surface area contributed by atoms with Crippen LogP contribution in [-0.2, 0) is 4.79 Å². The lowest BCUT2D eigenvalue weighted by Crippen LogP contribution is -2.17. The topological polar surface area (TPSA) is 92.7 Å². The van der Waals surface area contributed by atoms with Crippen LogP contribution in [0.2, 0.25) is 0 Å². The zero-order chi connectivity index (χ0) is 22.1. The first-order valence-corrected chi connectivity index (χ1v) is 10.9. The highest BCUT2D eigenvalue weighted by molar-refractivity contribution is 7.99. The lowest BCUT2D eigenvalue weighted by atomic mass is 10.1. The minimum absolute atomic E-state index is 0.125. The van der Waals surface area contributed by atoms with Crippen LogP contribution >= 0.6 is 11.8 Å². The standard InChI is InChI=1S/C23H23N5O2S/c1-13-9-15(3)20(16(4)10-13)25-19(29)12-31-23-26-21-17(22(30)27-23)11-24-28(21)18-8-6-5-7-14(18)2/h5-11H,12H2,1-4H3,(H,25,29)(H,26,27,30). The molecule has 0 aliphatic rings. The average molecular weight is 434 g/mol. The lowest BCUT2D eigenvalue weighted by molar-refractivity contribution is -0.113. The molecule has 2 heterocycles. The second kappa shape index (κ2) is 8.39. The van der Waals surface area contributed by atoms with E-state index in [-0.39, 0.29) is 17.2 Å². The Hall–Kier alpha value is -3.39. The summed E-state index contributed by atoms with van der Waals surface area (Å²) in [4.78, 5) is 32.4. The first-order chi connectivity index (χ1) is 14.8. The van der Waals surface area contributed by atoms with Crippen molar-refractivity contribution in [1.82, 2.24) is 19.7 Å². The van der Waals surface area contributed by atoms with E-state index in [1.165, 1.54) is 18.0 Å². The first kappa shape index (κ1) is 20.9. The van der Waals surface area contributed by atoms with Gasteiger partial charge in [0.1, 0.15) is 5.39 Å². The minimum Gasteiger partial charge on any atom is -0.325 e. The van der Waals surface area contributed by atoms with Gasteiger partial charge in [-0.15, -0.1) is 0 Å². The number of hydrogen-bond acceptors (Lipinski definition) is 5. The molecule has 0 aliphatic heterocycles. The molecule has 0 unspecified atom stereocenters. The van der Waals surface area contributed by atoms with Crippen molar-refractivity contribution in [2.45, 2.75) is 32.9 Å². The van der Waals surface area contributed by atoms with Crippen molar-refractivity contribution in [3.63, 3.8) is 0 Å². The Morgan fingerprint density at radius 2 is 1.81 bits per heavy atom. The Morgan fingerprint density at radius 3 is 2.52 bits per heavy atom. The van der Waals surface area contributed by atoms with E-state index in [9.17, 15) is 9.59 Å².